The molecule has 0 aromatic heterocycles. The summed E-state index contributed by atoms with van der Waals surface area (Å²) in [6, 6.07) is 2.05. The maximum Gasteiger partial charge on any atom is 0.410 e. The van der Waals surface area contributed by atoms with Crippen LogP contribution in [-0.2, 0) is 9.53 Å². The number of rotatable bonds is 7. The maximum absolute atomic E-state index is 13.2. The summed E-state index contributed by atoms with van der Waals surface area (Å²) in [6.45, 7) is 11.6. The second-order valence-electron chi connectivity index (χ2n) is 12.4. The Labute approximate surface area is 211 Å². The molecule has 5 aliphatic rings. The number of hydrazine groups is 1. The summed E-state index contributed by atoms with van der Waals surface area (Å²) in [7, 11) is 1.94. The third-order valence-corrected chi connectivity index (χ3v) is 9.43. The highest BCUT2D eigenvalue weighted by atomic mass is 16.6. The van der Waals surface area contributed by atoms with Gasteiger partial charge in [0.2, 0.25) is 5.91 Å². The van der Waals surface area contributed by atoms with E-state index < -0.39 is 0 Å². The van der Waals surface area contributed by atoms with E-state index >= 15 is 0 Å². The average molecular weight is 490 g/mol. The molecule has 198 valence electrons. The first-order valence-corrected chi connectivity index (χ1v) is 14.2. The third kappa shape index (κ3) is 5.49. The fourth-order valence-corrected chi connectivity index (χ4v) is 7.15. The van der Waals surface area contributed by atoms with Crippen LogP contribution in [0.5, 0.6) is 0 Å². The normalized spacial score (nSPS) is 35.1. The van der Waals surface area contributed by atoms with Gasteiger partial charge in [0.15, 0.2) is 0 Å². The van der Waals surface area contributed by atoms with Crippen molar-refractivity contribution in [2.75, 3.05) is 33.2 Å². The number of amides is 2. The number of carbonyl (C=O) groups is 2. The molecule has 35 heavy (non-hydrogen) atoms. The van der Waals surface area contributed by atoms with Crippen LogP contribution in [0.15, 0.2) is 0 Å². The molecule has 0 aromatic carbocycles. The fourth-order valence-electron chi connectivity index (χ4n) is 7.15. The summed E-state index contributed by atoms with van der Waals surface area (Å²) in [6.07, 6.45) is 8.13. The summed E-state index contributed by atoms with van der Waals surface area (Å²) in [5.41, 5.74) is 3.51. The van der Waals surface area contributed by atoms with E-state index in [0.29, 0.717) is 42.5 Å². The number of carbonyl (C=O) groups excluding carboxylic acids is 2. The van der Waals surface area contributed by atoms with Crippen LogP contribution in [0.4, 0.5) is 4.79 Å². The molecule has 0 aromatic rings. The van der Waals surface area contributed by atoms with Crippen molar-refractivity contribution in [3.63, 3.8) is 0 Å². The van der Waals surface area contributed by atoms with Crippen molar-refractivity contribution in [3.8, 4) is 0 Å². The predicted molar refractivity (Wildman–Crippen MR) is 136 cm³/mol. The average Bonchev–Trinajstić information content (AvgIpc) is 3.74. The lowest BCUT2D eigenvalue weighted by atomic mass is 9.73. The largest absolute Gasteiger partial charge is 0.447 e. The number of piperazine rings is 1. The number of fused-ring (bicyclic) bond motifs is 1. The van der Waals surface area contributed by atoms with Crippen molar-refractivity contribution in [3.05, 3.63) is 0 Å². The summed E-state index contributed by atoms with van der Waals surface area (Å²) < 4.78 is 5.72. The summed E-state index contributed by atoms with van der Waals surface area (Å²) in [5.74, 6) is 2.12. The van der Waals surface area contributed by atoms with Crippen LogP contribution in [-0.4, -0.2) is 101 Å². The van der Waals surface area contributed by atoms with Crippen LogP contribution in [0.1, 0.15) is 72.6 Å². The maximum atomic E-state index is 13.2. The van der Waals surface area contributed by atoms with Gasteiger partial charge < -0.3 is 14.5 Å². The van der Waals surface area contributed by atoms with E-state index in [4.69, 9.17) is 4.74 Å². The molecular weight excluding hydrogens is 442 g/mol. The van der Waals surface area contributed by atoms with Crippen LogP contribution in [0, 0.1) is 17.8 Å². The van der Waals surface area contributed by atoms with Crippen LogP contribution >= 0.6 is 0 Å². The van der Waals surface area contributed by atoms with Crippen molar-refractivity contribution < 1.29 is 14.3 Å². The standard InChI is InChI=1S/C27H47N5O3/c1-17(2)35-27(34)31-14-18(3)32(19(4)20-6-7-20)24-11-8-21(12-25(24)31)22-13-28-30(15-22)16-26(33)29(5)23-9-10-23/h17-25,28H,6-16H2,1-5H3/t18-,19?,21?,22?,24?,25?/m0/s1. The molecule has 5 unspecified atom stereocenters. The Kier molecular flexibility index (Phi) is 7.35. The minimum Gasteiger partial charge on any atom is -0.447 e. The van der Waals surface area contributed by atoms with Crippen molar-refractivity contribution in [1.29, 1.82) is 0 Å². The van der Waals surface area contributed by atoms with Crippen molar-refractivity contribution in [2.24, 2.45) is 17.8 Å². The molecule has 0 spiro atoms. The minimum absolute atomic E-state index is 0.0991. The molecule has 2 aliphatic heterocycles. The fraction of sp³-hybridized carbons (Fsp3) is 0.926. The SMILES string of the molecule is CC(C)OC(=O)N1C[C@H](C)N(C(C)C2CC2)C2CCC(C3CNN(CC(=O)N(C)C4CC4)C3)CC21. The van der Waals surface area contributed by atoms with Gasteiger partial charge in [-0.1, -0.05) is 0 Å². The first-order valence-electron chi connectivity index (χ1n) is 14.2. The molecule has 1 N–H and O–H groups in total. The molecule has 8 heteroatoms. The molecule has 2 heterocycles. The van der Waals surface area contributed by atoms with Crippen LogP contribution in [0.3, 0.4) is 0 Å². The van der Waals surface area contributed by atoms with Gasteiger partial charge in [-0.2, -0.15) is 0 Å². The van der Waals surface area contributed by atoms with Gasteiger partial charge in [-0.25, -0.2) is 9.80 Å². The van der Waals surface area contributed by atoms with Gasteiger partial charge in [0.05, 0.1) is 18.7 Å². The van der Waals surface area contributed by atoms with Gasteiger partial charge >= 0.3 is 6.09 Å². The molecule has 8 nitrogen and oxygen atoms in total. The highest BCUT2D eigenvalue weighted by Gasteiger charge is 2.50. The second-order valence-corrected chi connectivity index (χ2v) is 12.4. The van der Waals surface area contributed by atoms with Gasteiger partial charge in [0.1, 0.15) is 0 Å². The third-order valence-electron chi connectivity index (χ3n) is 9.43. The summed E-state index contributed by atoms with van der Waals surface area (Å²) in [4.78, 5) is 32.6. The Morgan fingerprint density at radius 3 is 2.40 bits per heavy atom. The molecule has 5 fully saturated rings. The van der Waals surface area contributed by atoms with Crippen LogP contribution in [0.25, 0.3) is 0 Å². The van der Waals surface area contributed by atoms with E-state index in [0.717, 1.165) is 51.2 Å². The van der Waals surface area contributed by atoms with E-state index in [1.807, 2.05) is 25.8 Å². The van der Waals surface area contributed by atoms with Gasteiger partial charge in [-0.05, 0) is 90.4 Å². The topological polar surface area (TPSA) is 68.4 Å². The van der Waals surface area contributed by atoms with E-state index in [1.165, 1.54) is 19.3 Å². The molecule has 0 bridgehead atoms. The zero-order valence-corrected chi connectivity index (χ0v) is 22.5. The Morgan fingerprint density at radius 2 is 1.74 bits per heavy atom. The van der Waals surface area contributed by atoms with Gasteiger partial charge in [0, 0.05) is 50.8 Å². The zero-order valence-electron chi connectivity index (χ0n) is 22.5. The number of nitrogens with one attached hydrogen (secondary N) is 1. The monoisotopic (exact) mass is 489 g/mol. The predicted octanol–water partition coefficient (Wildman–Crippen LogP) is 2.93. The van der Waals surface area contributed by atoms with Gasteiger partial charge in [-0.3, -0.25) is 15.1 Å². The van der Waals surface area contributed by atoms with E-state index in [9.17, 15) is 9.59 Å². The zero-order chi connectivity index (χ0) is 24.9. The highest BCUT2D eigenvalue weighted by Crippen LogP contribution is 2.44. The first-order chi connectivity index (χ1) is 16.7. The van der Waals surface area contributed by atoms with E-state index in [2.05, 4.69) is 34.1 Å². The molecule has 6 atom stereocenters. The molecule has 2 amide bonds. The lowest BCUT2D eigenvalue weighted by molar-refractivity contribution is -0.132. The molecule has 0 radical (unpaired) electrons. The summed E-state index contributed by atoms with van der Waals surface area (Å²) in [5, 5.41) is 2.13. The Hall–Kier alpha value is -1.38. The van der Waals surface area contributed by atoms with Crippen LogP contribution in [0.2, 0.25) is 0 Å². The van der Waals surface area contributed by atoms with Crippen molar-refractivity contribution in [2.45, 2.75) is 109 Å². The molecule has 3 saturated carbocycles. The van der Waals surface area contributed by atoms with Crippen molar-refractivity contribution >= 4 is 12.0 Å². The molecular formula is C27H47N5O3. The van der Waals surface area contributed by atoms with Crippen molar-refractivity contribution in [1.82, 2.24) is 25.1 Å². The number of likely N-dealkylation sites (N-methyl/N-ethyl adjacent to an activating group) is 1. The Balaban J connectivity index is 1.25. The Morgan fingerprint density at radius 1 is 1.00 bits per heavy atom. The minimum atomic E-state index is -0.138. The number of hydrogen-bond donors (Lipinski definition) is 1. The molecule has 3 aliphatic carbocycles. The molecule has 2 saturated heterocycles. The van der Waals surface area contributed by atoms with Gasteiger partial charge in [0.25, 0.3) is 0 Å². The second kappa shape index (κ2) is 10.2. The Bertz CT molecular complexity index is 785. The smallest absolute Gasteiger partial charge is 0.410 e. The highest BCUT2D eigenvalue weighted by molar-refractivity contribution is 5.78. The van der Waals surface area contributed by atoms with Gasteiger partial charge in [-0.15, -0.1) is 0 Å². The van der Waals surface area contributed by atoms with E-state index in [1.54, 1.807) is 0 Å². The number of nitrogens with zero attached hydrogens (tertiary/aromatic N) is 4. The number of hydrogen-bond acceptors (Lipinski definition) is 6. The van der Waals surface area contributed by atoms with Crippen LogP contribution < -0.4 is 5.43 Å². The first kappa shape index (κ1) is 25.3. The summed E-state index contributed by atoms with van der Waals surface area (Å²) >= 11 is 0. The number of ether oxygens (including phenoxy) is 1. The molecule has 5 rings (SSSR count). The quantitative estimate of drug-likeness (QED) is 0.593. The lowest BCUT2D eigenvalue weighted by Gasteiger charge is -2.56. The van der Waals surface area contributed by atoms with E-state index in [-0.39, 0.29) is 24.1 Å². The lowest BCUT2D eigenvalue weighted by Crippen LogP contribution is -2.68.